The Morgan fingerprint density at radius 1 is 0.750 bits per heavy atom. The van der Waals surface area contributed by atoms with Crippen molar-refractivity contribution < 1.29 is 28.7 Å². The number of morpholine rings is 1. The summed E-state index contributed by atoms with van der Waals surface area (Å²) in [4.78, 5) is 76.5. The number of nitrogens with one attached hydrogen (secondary N) is 2. The van der Waals surface area contributed by atoms with Gasteiger partial charge in [-0.3, -0.25) is 39.3 Å². The number of ether oxygens (including phenoxy) is 2. The van der Waals surface area contributed by atoms with Crippen LogP contribution in [0.5, 0.6) is 5.75 Å². The van der Waals surface area contributed by atoms with Crippen LogP contribution in [0.4, 0.5) is 11.9 Å². The minimum absolute atomic E-state index is 0.162. The van der Waals surface area contributed by atoms with Crippen LogP contribution in [0.25, 0.3) is 22.2 Å². The topological polar surface area (TPSA) is 250 Å². The van der Waals surface area contributed by atoms with E-state index in [-0.39, 0.29) is 47.8 Å². The molecule has 314 valence electrons. The monoisotopic (exact) mass is 820 g/mol. The van der Waals surface area contributed by atoms with Crippen molar-refractivity contribution >= 4 is 57.7 Å². The number of nitrogens with zero attached hydrogens (tertiary/aromatic N) is 10. The number of aromatic nitrogens is 9. The number of amides is 4. The quantitative estimate of drug-likeness (QED) is 0.0766. The number of hydrogen-bond donors (Lipinski definition) is 4. The summed E-state index contributed by atoms with van der Waals surface area (Å²) < 4.78 is 18.9. The molecule has 1 aliphatic rings. The van der Waals surface area contributed by atoms with Gasteiger partial charge < -0.3 is 34.6 Å². The van der Waals surface area contributed by atoms with Crippen molar-refractivity contribution in [2.24, 2.45) is 11.5 Å². The van der Waals surface area contributed by atoms with Crippen LogP contribution in [0, 0.1) is 13.8 Å². The molecule has 1 fully saturated rings. The number of imidazole rings is 4. The first-order valence-electron chi connectivity index (χ1n) is 19.7. The Balaban J connectivity index is 1.22. The van der Waals surface area contributed by atoms with Gasteiger partial charge in [0.15, 0.2) is 17.3 Å². The predicted octanol–water partition coefficient (Wildman–Crippen LogP) is 2.89. The Morgan fingerprint density at radius 2 is 1.32 bits per heavy atom. The summed E-state index contributed by atoms with van der Waals surface area (Å²) in [5.74, 6) is -1.11. The predicted molar refractivity (Wildman–Crippen MR) is 222 cm³/mol. The van der Waals surface area contributed by atoms with Crippen molar-refractivity contribution in [1.82, 2.24) is 48.1 Å². The lowest BCUT2D eigenvalue weighted by Crippen LogP contribution is -2.37. The maximum atomic E-state index is 13.7. The van der Waals surface area contributed by atoms with Gasteiger partial charge in [-0.2, -0.15) is 0 Å². The highest BCUT2D eigenvalue weighted by atomic mass is 16.5. The maximum absolute atomic E-state index is 13.7. The zero-order valence-electron chi connectivity index (χ0n) is 34.0. The van der Waals surface area contributed by atoms with Gasteiger partial charge in [-0.25, -0.2) is 24.9 Å². The Labute approximate surface area is 344 Å². The van der Waals surface area contributed by atoms with Gasteiger partial charge in [-0.05, 0) is 52.3 Å². The Hall–Kier alpha value is -6.93. The minimum atomic E-state index is -0.669. The Morgan fingerprint density at radius 3 is 1.92 bits per heavy atom. The van der Waals surface area contributed by atoms with Gasteiger partial charge in [0.1, 0.15) is 16.8 Å². The minimum Gasteiger partial charge on any atom is -0.491 e. The van der Waals surface area contributed by atoms with E-state index in [1.807, 2.05) is 39.8 Å². The van der Waals surface area contributed by atoms with Crippen LogP contribution >= 0.6 is 0 Å². The van der Waals surface area contributed by atoms with E-state index in [4.69, 9.17) is 25.9 Å². The second kappa shape index (κ2) is 17.9. The number of carbonyl (C=O) groups excluding carboxylic acids is 4. The van der Waals surface area contributed by atoms with E-state index < -0.39 is 23.6 Å². The van der Waals surface area contributed by atoms with E-state index >= 15 is 0 Å². The third kappa shape index (κ3) is 8.59. The number of aryl methyl sites for hydroxylation is 2. The number of anilines is 2. The first-order valence-corrected chi connectivity index (χ1v) is 19.7. The summed E-state index contributed by atoms with van der Waals surface area (Å²) in [5.41, 5.74) is 15.0. The van der Waals surface area contributed by atoms with Gasteiger partial charge in [-0.1, -0.05) is 12.2 Å². The van der Waals surface area contributed by atoms with Crippen LogP contribution in [-0.4, -0.2) is 111 Å². The lowest BCUT2D eigenvalue weighted by molar-refractivity contribution is 0.0358. The molecule has 6 N–H and O–H groups in total. The molecular formula is C40H48N14O6. The van der Waals surface area contributed by atoms with Crippen molar-refractivity contribution in [2.75, 3.05) is 50.1 Å². The van der Waals surface area contributed by atoms with Crippen LogP contribution in [-0.2, 0) is 30.9 Å². The van der Waals surface area contributed by atoms with Gasteiger partial charge in [0, 0.05) is 81.4 Å². The molecule has 0 spiro atoms. The van der Waals surface area contributed by atoms with Crippen molar-refractivity contribution in [1.29, 1.82) is 0 Å². The largest absolute Gasteiger partial charge is 0.491 e. The summed E-state index contributed by atoms with van der Waals surface area (Å²) in [5, 5.41) is 5.79. The third-order valence-corrected chi connectivity index (χ3v) is 10.3. The van der Waals surface area contributed by atoms with E-state index in [9.17, 15) is 19.2 Å². The van der Waals surface area contributed by atoms with Gasteiger partial charge in [0.2, 0.25) is 23.7 Å². The fraction of sp³-hybridized carbons (Fsp3) is 0.375. The number of hydrogen-bond acceptors (Lipinski definition) is 12. The van der Waals surface area contributed by atoms with E-state index in [1.54, 1.807) is 42.8 Å². The molecule has 0 aliphatic carbocycles. The van der Waals surface area contributed by atoms with Crippen molar-refractivity contribution in [2.45, 2.75) is 60.3 Å². The molecule has 1 saturated heterocycles. The van der Waals surface area contributed by atoms with Gasteiger partial charge in [-0.15, -0.1) is 0 Å². The number of allylic oxidation sites excluding steroid dienone is 2. The van der Waals surface area contributed by atoms with Crippen molar-refractivity contribution in [3.63, 3.8) is 0 Å². The lowest BCUT2D eigenvalue weighted by Gasteiger charge is -2.26. The van der Waals surface area contributed by atoms with E-state index in [2.05, 4.69) is 35.5 Å². The second-order valence-corrected chi connectivity index (χ2v) is 14.2. The number of carbonyl (C=O) groups is 4. The molecule has 0 radical (unpaired) electrons. The fourth-order valence-corrected chi connectivity index (χ4v) is 7.22. The van der Waals surface area contributed by atoms with Gasteiger partial charge in [0.25, 0.3) is 11.8 Å². The zero-order chi connectivity index (χ0) is 42.5. The molecular weight excluding hydrogens is 773 g/mol. The number of primary amides is 2. The second-order valence-electron chi connectivity index (χ2n) is 14.2. The SMILES string of the molecule is CCn1c(C)cnc1C(=O)Nc1nc2cc(C(N)=O)cnc2n1C/C=C/Cn1c(NC(=O)c2ncc(C)n2CC)nc2cc(C(N)=O)cc(OCCCN3CCOCC3)c21. The van der Waals surface area contributed by atoms with E-state index in [0.717, 1.165) is 31.0 Å². The third-order valence-electron chi connectivity index (χ3n) is 10.3. The van der Waals surface area contributed by atoms with Crippen LogP contribution < -0.4 is 26.8 Å². The number of benzene rings is 1. The molecule has 6 aromatic rings. The van der Waals surface area contributed by atoms with Gasteiger partial charge in [0.05, 0.1) is 30.9 Å². The molecule has 0 unspecified atom stereocenters. The molecule has 1 aliphatic heterocycles. The van der Waals surface area contributed by atoms with Crippen LogP contribution in [0.2, 0.25) is 0 Å². The Bertz CT molecular complexity index is 2610. The van der Waals surface area contributed by atoms with E-state index in [1.165, 1.54) is 12.3 Å². The van der Waals surface area contributed by atoms with Crippen LogP contribution in [0.15, 0.2) is 48.9 Å². The molecule has 7 rings (SSSR count). The molecule has 20 nitrogen and oxygen atoms in total. The summed E-state index contributed by atoms with van der Waals surface area (Å²) in [6.07, 6.45) is 9.00. The molecule has 6 heterocycles. The summed E-state index contributed by atoms with van der Waals surface area (Å²) in [6.45, 7) is 13.2. The van der Waals surface area contributed by atoms with Gasteiger partial charge >= 0.3 is 0 Å². The molecule has 20 heteroatoms. The average Bonchev–Trinajstić information content (AvgIpc) is 4.00. The first-order chi connectivity index (χ1) is 29.0. The van der Waals surface area contributed by atoms with Crippen molar-refractivity contribution in [3.8, 4) is 5.75 Å². The fourth-order valence-electron chi connectivity index (χ4n) is 7.22. The molecule has 0 atom stereocenters. The average molecular weight is 821 g/mol. The number of fused-ring (bicyclic) bond motifs is 2. The summed E-state index contributed by atoms with van der Waals surface area (Å²) in [7, 11) is 0. The Kier molecular flexibility index (Phi) is 12.3. The highest BCUT2D eigenvalue weighted by Crippen LogP contribution is 2.32. The molecule has 5 aromatic heterocycles. The summed E-state index contributed by atoms with van der Waals surface area (Å²) >= 11 is 0. The molecule has 0 saturated carbocycles. The van der Waals surface area contributed by atoms with Crippen molar-refractivity contribution in [3.05, 3.63) is 83.1 Å². The zero-order valence-corrected chi connectivity index (χ0v) is 34.0. The first kappa shape index (κ1) is 41.2. The maximum Gasteiger partial charge on any atom is 0.293 e. The molecule has 4 amide bonds. The molecule has 1 aromatic carbocycles. The highest BCUT2D eigenvalue weighted by Gasteiger charge is 2.23. The normalized spacial score (nSPS) is 13.4. The molecule has 60 heavy (non-hydrogen) atoms. The number of rotatable bonds is 17. The molecule has 0 bridgehead atoms. The smallest absolute Gasteiger partial charge is 0.293 e. The highest BCUT2D eigenvalue weighted by molar-refractivity contribution is 6.04. The van der Waals surface area contributed by atoms with Crippen LogP contribution in [0.1, 0.15) is 73.6 Å². The lowest BCUT2D eigenvalue weighted by atomic mass is 10.1. The standard InChI is InChI=1S/C40H48N14O6/c1-5-51-24(3)21-43-35(51)37(57)48-39-46-28-18-26(32(41)55)20-30(60-15-9-10-50-13-16-59-17-14-50)31(28)53(39)11-7-8-12-54-34-29(19-27(23-45-34)33(42)56)47-40(54)49-38(58)36-44-22-25(4)52(36)6-2/h7-8,18-23H,5-6,9-17H2,1-4H3,(H2,41,55)(H2,42,56)(H,46,48,57)(H,47,49,58)/b8-7+. The number of pyridine rings is 1. The van der Waals surface area contributed by atoms with E-state index in [0.29, 0.717) is 67.3 Å². The number of nitrogens with two attached hydrogens (primary N) is 2. The van der Waals surface area contributed by atoms with Crippen LogP contribution in [0.3, 0.4) is 0 Å². The summed E-state index contributed by atoms with van der Waals surface area (Å²) in [6, 6.07) is 4.66.